The fraction of sp³-hybridized carbons (Fsp3) is 0.474. The van der Waals surface area contributed by atoms with E-state index in [1.165, 1.54) is 12.8 Å². The molecule has 0 bridgehead atoms. The molecule has 1 aliphatic heterocycles. The second-order valence-corrected chi connectivity index (χ2v) is 6.40. The van der Waals surface area contributed by atoms with Gasteiger partial charge in [-0.1, -0.05) is 25.8 Å². The van der Waals surface area contributed by atoms with Crippen molar-refractivity contribution < 1.29 is 4.79 Å². The minimum Gasteiger partial charge on any atom is -0.369 e. The maximum absolute atomic E-state index is 12.6. The van der Waals surface area contributed by atoms with Crippen molar-refractivity contribution in [2.24, 2.45) is 0 Å². The van der Waals surface area contributed by atoms with Gasteiger partial charge in [-0.15, -0.1) is 10.2 Å². The molecule has 1 fully saturated rings. The number of hydrogen-bond acceptors (Lipinski definition) is 6. The summed E-state index contributed by atoms with van der Waals surface area (Å²) in [6.45, 7) is 5.92. The third kappa shape index (κ3) is 4.68. The molecule has 2 aromatic rings. The monoisotopic (exact) mass is 354 g/mol. The number of pyridine rings is 1. The van der Waals surface area contributed by atoms with Crippen LogP contribution in [0.4, 0.5) is 11.6 Å². The number of piperazine rings is 1. The maximum atomic E-state index is 12.6. The van der Waals surface area contributed by atoms with Gasteiger partial charge < -0.3 is 15.1 Å². The molecular formula is C19H26N6O. The Balaban J connectivity index is 1.50. The smallest absolute Gasteiger partial charge is 0.274 e. The van der Waals surface area contributed by atoms with Gasteiger partial charge in [-0.2, -0.15) is 0 Å². The fourth-order valence-corrected chi connectivity index (χ4v) is 2.97. The summed E-state index contributed by atoms with van der Waals surface area (Å²) in [6, 6.07) is 9.46. The normalized spacial score (nSPS) is 14.3. The lowest BCUT2D eigenvalue weighted by molar-refractivity contribution is 0.0739. The van der Waals surface area contributed by atoms with Gasteiger partial charge in [-0.25, -0.2) is 4.98 Å². The van der Waals surface area contributed by atoms with Gasteiger partial charge in [0.1, 0.15) is 11.6 Å². The lowest BCUT2D eigenvalue weighted by atomic mass is 10.2. The van der Waals surface area contributed by atoms with E-state index in [0.29, 0.717) is 18.8 Å². The number of nitrogens with one attached hydrogen (secondary N) is 1. The zero-order chi connectivity index (χ0) is 18.2. The summed E-state index contributed by atoms with van der Waals surface area (Å²) in [5, 5.41) is 11.5. The second-order valence-electron chi connectivity index (χ2n) is 6.40. The first-order valence-corrected chi connectivity index (χ1v) is 9.31. The minimum absolute atomic E-state index is 0.0595. The third-order valence-corrected chi connectivity index (χ3v) is 4.51. The Kier molecular flexibility index (Phi) is 6.35. The minimum atomic E-state index is -0.0595. The fourth-order valence-electron chi connectivity index (χ4n) is 2.97. The summed E-state index contributed by atoms with van der Waals surface area (Å²) in [5.74, 6) is 1.62. The van der Waals surface area contributed by atoms with Crippen molar-refractivity contribution in [2.45, 2.75) is 26.2 Å². The molecule has 0 aliphatic carbocycles. The Bertz CT molecular complexity index is 683. The summed E-state index contributed by atoms with van der Waals surface area (Å²) in [6.07, 6.45) is 5.29. The van der Waals surface area contributed by atoms with Crippen LogP contribution in [0.3, 0.4) is 0 Å². The topological polar surface area (TPSA) is 74.2 Å². The molecular weight excluding hydrogens is 328 g/mol. The van der Waals surface area contributed by atoms with Crippen LogP contribution in [-0.4, -0.2) is 58.7 Å². The van der Waals surface area contributed by atoms with E-state index in [0.717, 1.165) is 37.7 Å². The van der Waals surface area contributed by atoms with E-state index in [1.807, 2.05) is 29.2 Å². The summed E-state index contributed by atoms with van der Waals surface area (Å²) in [7, 11) is 0. The summed E-state index contributed by atoms with van der Waals surface area (Å²) >= 11 is 0. The number of hydrogen-bond donors (Lipinski definition) is 1. The number of unbranched alkanes of at least 4 members (excludes halogenated alkanes) is 2. The standard InChI is InChI=1S/C19H26N6O/c1-2-3-5-10-20-17-9-8-16(22-23-17)19(26)25-14-12-24(13-15-25)18-7-4-6-11-21-18/h4,6-9,11H,2-3,5,10,12-15H2,1H3,(H,20,23). The van der Waals surface area contributed by atoms with Crippen LogP contribution in [0.15, 0.2) is 36.5 Å². The van der Waals surface area contributed by atoms with Crippen molar-refractivity contribution in [2.75, 3.05) is 42.9 Å². The Hall–Kier alpha value is -2.70. The lowest BCUT2D eigenvalue weighted by Gasteiger charge is -2.35. The summed E-state index contributed by atoms with van der Waals surface area (Å²) in [5.41, 5.74) is 0.399. The highest BCUT2D eigenvalue weighted by Crippen LogP contribution is 2.14. The lowest BCUT2D eigenvalue weighted by Crippen LogP contribution is -2.49. The third-order valence-electron chi connectivity index (χ3n) is 4.51. The number of carbonyl (C=O) groups is 1. The summed E-state index contributed by atoms with van der Waals surface area (Å²) < 4.78 is 0. The summed E-state index contributed by atoms with van der Waals surface area (Å²) in [4.78, 5) is 21.0. The average Bonchev–Trinajstić information content (AvgIpc) is 2.72. The molecule has 7 heteroatoms. The van der Waals surface area contributed by atoms with E-state index in [2.05, 4.69) is 32.3 Å². The molecule has 0 atom stereocenters. The van der Waals surface area contributed by atoms with E-state index < -0.39 is 0 Å². The van der Waals surface area contributed by atoms with E-state index in [-0.39, 0.29) is 5.91 Å². The average molecular weight is 354 g/mol. The Labute approximate surface area is 154 Å². The largest absolute Gasteiger partial charge is 0.369 e. The van der Waals surface area contributed by atoms with Gasteiger partial charge in [0.15, 0.2) is 5.69 Å². The van der Waals surface area contributed by atoms with Crippen molar-refractivity contribution >= 4 is 17.5 Å². The Morgan fingerprint density at radius 1 is 1.08 bits per heavy atom. The molecule has 0 aromatic carbocycles. The molecule has 26 heavy (non-hydrogen) atoms. The first-order chi connectivity index (χ1) is 12.8. The molecule has 138 valence electrons. The second kappa shape index (κ2) is 9.12. The maximum Gasteiger partial charge on any atom is 0.274 e. The van der Waals surface area contributed by atoms with Crippen LogP contribution in [0.5, 0.6) is 0 Å². The molecule has 1 aliphatic rings. The molecule has 0 unspecified atom stereocenters. The number of carbonyl (C=O) groups excluding carboxylic acids is 1. The van der Waals surface area contributed by atoms with Gasteiger partial charge in [0.05, 0.1) is 0 Å². The zero-order valence-corrected chi connectivity index (χ0v) is 15.3. The number of anilines is 2. The number of amides is 1. The first-order valence-electron chi connectivity index (χ1n) is 9.31. The number of aromatic nitrogens is 3. The van der Waals surface area contributed by atoms with Crippen LogP contribution < -0.4 is 10.2 Å². The molecule has 2 aromatic heterocycles. The van der Waals surface area contributed by atoms with Gasteiger partial charge in [-0.05, 0) is 30.7 Å². The highest BCUT2D eigenvalue weighted by molar-refractivity contribution is 5.92. The predicted molar refractivity (Wildman–Crippen MR) is 102 cm³/mol. The van der Waals surface area contributed by atoms with Crippen LogP contribution in [0, 0.1) is 0 Å². The molecule has 3 heterocycles. The van der Waals surface area contributed by atoms with Crippen LogP contribution in [0.2, 0.25) is 0 Å². The zero-order valence-electron chi connectivity index (χ0n) is 15.3. The highest BCUT2D eigenvalue weighted by atomic mass is 16.2. The molecule has 0 spiro atoms. The molecule has 3 rings (SSSR count). The Morgan fingerprint density at radius 2 is 1.92 bits per heavy atom. The van der Waals surface area contributed by atoms with Crippen LogP contribution in [0.1, 0.15) is 36.7 Å². The number of nitrogens with zero attached hydrogens (tertiary/aromatic N) is 5. The predicted octanol–water partition coefficient (Wildman–Crippen LogP) is 2.44. The van der Waals surface area contributed by atoms with Gasteiger partial charge in [0.2, 0.25) is 0 Å². The quantitative estimate of drug-likeness (QED) is 0.770. The van der Waals surface area contributed by atoms with Crippen molar-refractivity contribution in [3.05, 3.63) is 42.2 Å². The van der Waals surface area contributed by atoms with Crippen LogP contribution in [-0.2, 0) is 0 Å². The molecule has 1 saturated heterocycles. The van der Waals surface area contributed by atoms with E-state index in [4.69, 9.17) is 0 Å². The Morgan fingerprint density at radius 3 is 2.58 bits per heavy atom. The van der Waals surface area contributed by atoms with Crippen molar-refractivity contribution in [3.8, 4) is 0 Å². The van der Waals surface area contributed by atoms with E-state index >= 15 is 0 Å². The van der Waals surface area contributed by atoms with Crippen LogP contribution >= 0.6 is 0 Å². The van der Waals surface area contributed by atoms with Crippen molar-refractivity contribution in [1.29, 1.82) is 0 Å². The first kappa shape index (κ1) is 18.1. The van der Waals surface area contributed by atoms with Gasteiger partial charge >= 0.3 is 0 Å². The molecule has 0 saturated carbocycles. The molecule has 1 amide bonds. The van der Waals surface area contributed by atoms with Gasteiger partial charge in [0, 0.05) is 38.9 Å². The van der Waals surface area contributed by atoms with Crippen LogP contribution in [0.25, 0.3) is 0 Å². The molecule has 7 nitrogen and oxygen atoms in total. The SMILES string of the molecule is CCCCCNc1ccc(C(=O)N2CCN(c3ccccn3)CC2)nn1. The van der Waals surface area contributed by atoms with Gasteiger partial charge in [0.25, 0.3) is 5.91 Å². The van der Waals surface area contributed by atoms with E-state index in [9.17, 15) is 4.79 Å². The van der Waals surface area contributed by atoms with Gasteiger partial charge in [-0.3, -0.25) is 4.79 Å². The molecule has 1 N–H and O–H groups in total. The molecule has 0 radical (unpaired) electrons. The van der Waals surface area contributed by atoms with Crippen molar-refractivity contribution in [3.63, 3.8) is 0 Å². The van der Waals surface area contributed by atoms with Crippen molar-refractivity contribution in [1.82, 2.24) is 20.1 Å². The number of rotatable bonds is 7. The van der Waals surface area contributed by atoms with E-state index in [1.54, 1.807) is 12.3 Å². The highest BCUT2D eigenvalue weighted by Gasteiger charge is 2.23.